The molecule has 0 aromatic heterocycles. The molecule has 0 aliphatic rings. The molecule has 0 aliphatic heterocycles. The summed E-state index contributed by atoms with van der Waals surface area (Å²) in [4.78, 5) is 0. The second kappa shape index (κ2) is 5.63. The van der Waals surface area contributed by atoms with Crippen LogP contribution in [0.5, 0.6) is 5.75 Å². The maximum atomic E-state index is 12.1. The summed E-state index contributed by atoms with van der Waals surface area (Å²) in [6, 6.07) is 5.17. The molecule has 0 aliphatic carbocycles. The highest BCUT2D eigenvalue weighted by Gasteiger charge is 2.28. The van der Waals surface area contributed by atoms with Gasteiger partial charge >= 0.3 is 6.18 Å². The first-order chi connectivity index (χ1) is 7.83. The van der Waals surface area contributed by atoms with Gasteiger partial charge < -0.3 is 4.74 Å². The second-order valence-electron chi connectivity index (χ2n) is 3.85. The summed E-state index contributed by atoms with van der Waals surface area (Å²) in [5.74, 6) is 0.702. The number of ether oxygens (including phenoxy) is 1. The molecule has 0 saturated heterocycles. The van der Waals surface area contributed by atoms with Crippen molar-refractivity contribution in [1.82, 2.24) is 0 Å². The summed E-state index contributed by atoms with van der Waals surface area (Å²) < 4.78 is 41.2. The third-order valence-corrected chi connectivity index (χ3v) is 2.93. The molecule has 0 bridgehead atoms. The van der Waals surface area contributed by atoms with Crippen LogP contribution in [0.4, 0.5) is 13.2 Å². The van der Waals surface area contributed by atoms with E-state index in [0.717, 1.165) is 5.56 Å². The summed E-state index contributed by atoms with van der Waals surface area (Å²) in [6.45, 7) is 1.83. The molecular formula is C12H14ClF3O. The molecule has 1 nitrogen and oxygen atoms in total. The highest BCUT2D eigenvalue weighted by Crippen LogP contribution is 2.33. The van der Waals surface area contributed by atoms with Gasteiger partial charge in [-0.1, -0.05) is 12.1 Å². The van der Waals surface area contributed by atoms with Crippen LogP contribution in [-0.2, 0) is 0 Å². The van der Waals surface area contributed by atoms with Crippen LogP contribution in [0.1, 0.15) is 29.3 Å². The Morgan fingerprint density at radius 2 is 2.00 bits per heavy atom. The van der Waals surface area contributed by atoms with Gasteiger partial charge in [-0.2, -0.15) is 13.2 Å². The zero-order chi connectivity index (χ0) is 13.1. The lowest BCUT2D eigenvalue weighted by Gasteiger charge is -2.13. The predicted octanol–water partition coefficient (Wildman–Crippen LogP) is 4.63. The number of aryl methyl sites for hydroxylation is 1. The van der Waals surface area contributed by atoms with Crippen molar-refractivity contribution in [2.75, 3.05) is 7.11 Å². The monoisotopic (exact) mass is 266 g/mol. The zero-order valence-electron chi connectivity index (χ0n) is 9.64. The fraction of sp³-hybridized carbons (Fsp3) is 0.500. The summed E-state index contributed by atoms with van der Waals surface area (Å²) in [7, 11) is 1.55. The number of rotatable bonds is 4. The van der Waals surface area contributed by atoms with Crippen molar-refractivity contribution >= 4 is 11.6 Å². The van der Waals surface area contributed by atoms with E-state index in [-0.39, 0.29) is 6.42 Å². The molecule has 0 amide bonds. The van der Waals surface area contributed by atoms with Crippen molar-refractivity contribution in [3.63, 3.8) is 0 Å². The van der Waals surface area contributed by atoms with Crippen LogP contribution in [0.3, 0.4) is 0 Å². The van der Waals surface area contributed by atoms with Gasteiger partial charge in [-0.3, -0.25) is 0 Å². The van der Waals surface area contributed by atoms with Gasteiger partial charge in [0.2, 0.25) is 0 Å². The predicted molar refractivity (Wildman–Crippen MR) is 61.6 cm³/mol. The standard InChI is InChI=1S/C12H14ClF3O/c1-8-7-9(3-4-11(8)17-2)10(13)5-6-12(14,15)16/h3-4,7,10H,5-6H2,1-2H3. The van der Waals surface area contributed by atoms with Crippen molar-refractivity contribution in [3.05, 3.63) is 29.3 Å². The molecule has 1 rings (SSSR count). The molecule has 0 fully saturated rings. The SMILES string of the molecule is COc1ccc(C(Cl)CCC(F)(F)F)cc1C. The molecule has 1 unspecified atom stereocenters. The number of hydrogen-bond acceptors (Lipinski definition) is 1. The van der Waals surface area contributed by atoms with E-state index < -0.39 is 18.0 Å². The number of benzene rings is 1. The Kier molecular flexibility index (Phi) is 4.69. The summed E-state index contributed by atoms with van der Waals surface area (Å²) in [5.41, 5.74) is 1.55. The van der Waals surface area contributed by atoms with Crippen LogP contribution in [-0.4, -0.2) is 13.3 Å². The average molecular weight is 267 g/mol. The van der Waals surface area contributed by atoms with E-state index in [1.54, 1.807) is 25.3 Å². The van der Waals surface area contributed by atoms with Crippen molar-refractivity contribution in [3.8, 4) is 5.75 Å². The van der Waals surface area contributed by atoms with E-state index in [9.17, 15) is 13.2 Å². The Labute approximate surface area is 104 Å². The lowest BCUT2D eigenvalue weighted by molar-refractivity contribution is -0.135. The lowest BCUT2D eigenvalue weighted by atomic mass is 10.0. The Bertz CT molecular complexity index is 377. The van der Waals surface area contributed by atoms with Gasteiger partial charge in [-0.15, -0.1) is 11.6 Å². The molecule has 17 heavy (non-hydrogen) atoms. The smallest absolute Gasteiger partial charge is 0.389 e. The fourth-order valence-electron chi connectivity index (χ4n) is 1.55. The van der Waals surface area contributed by atoms with Crippen molar-refractivity contribution in [2.45, 2.75) is 31.3 Å². The third kappa shape index (κ3) is 4.46. The zero-order valence-corrected chi connectivity index (χ0v) is 10.4. The minimum atomic E-state index is -4.16. The van der Waals surface area contributed by atoms with E-state index >= 15 is 0 Å². The number of halogens is 4. The van der Waals surface area contributed by atoms with Crippen LogP contribution in [0.2, 0.25) is 0 Å². The quantitative estimate of drug-likeness (QED) is 0.722. The van der Waals surface area contributed by atoms with Gasteiger partial charge in [0.05, 0.1) is 12.5 Å². The largest absolute Gasteiger partial charge is 0.496 e. The molecule has 0 radical (unpaired) electrons. The minimum Gasteiger partial charge on any atom is -0.496 e. The molecule has 0 heterocycles. The molecule has 5 heteroatoms. The normalized spacial score (nSPS) is 13.5. The van der Waals surface area contributed by atoms with Crippen LogP contribution in [0.25, 0.3) is 0 Å². The van der Waals surface area contributed by atoms with Crippen LogP contribution < -0.4 is 4.74 Å². The summed E-state index contributed by atoms with van der Waals surface area (Å²) in [5, 5.41) is -0.624. The first-order valence-electron chi connectivity index (χ1n) is 5.19. The first kappa shape index (κ1) is 14.2. The Hall–Kier alpha value is -0.900. The maximum absolute atomic E-state index is 12.1. The second-order valence-corrected chi connectivity index (χ2v) is 4.38. The molecular weight excluding hydrogens is 253 g/mol. The Morgan fingerprint density at radius 3 is 2.47 bits per heavy atom. The number of methoxy groups -OCH3 is 1. The summed E-state index contributed by atoms with van der Waals surface area (Å²) >= 11 is 5.94. The van der Waals surface area contributed by atoms with Gasteiger partial charge in [0, 0.05) is 6.42 Å². The van der Waals surface area contributed by atoms with Gasteiger partial charge in [0.15, 0.2) is 0 Å². The number of hydrogen-bond donors (Lipinski definition) is 0. The van der Waals surface area contributed by atoms with Crippen molar-refractivity contribution in [1.29, 1.82) is 0 Å². The highest BCUT2D eigenvalue weighted by molar-refractivity contribution is 6.20. The van der Waals surface area contributed by atoms with Crippen molar-refractivity contribution in [2.24, 2.45) is 0 Å². The third-order valence-electron chi connectivity index (χ3n) is 2.46. The molecule has 0 spiro atoms. The topological polar surface area (TPSA) is 9.23 Å². The maximum Gasteiger partial charge on any atom is 0.389 e. The van der Waals surface area contributed by atoms with Crippen LogP contribution in [0.15, 0.2) is 18.2 Å². The van der Waals surface area contributed by atoms with Gasteiger partial charge in [0.1, 0.15) is 5.75 Å². The van der Waals surface area contributed by atoms with Crippen molar-refractivity contribution < 1.29 is 17.9 Å². The average Bonchev–Trinajstić information content (AvgIpc) is 2.24. The van der Waals surface area contributed by atoms with E-state index in [4.69, 9.17) is 16.3 Å². The van der Waals surface area contributed by atoms with Gasteiger partial charge in [0.25, 0.3) is 0 Å². The highest BCUT2D eigenvalue weighted by atomic mass is 35.5. The molecule has 96 valence electrons. The molecule has 1 aromatic rings. The molecule has 1 atom stereocenters. The van der Waals surface area contributed by atoms with Crippen LogP contribution in [0, 0.1) is 6.92 Å². The molecule has 0 N–H and O–H groups in total. The Morgan fingerprint density at radius 1 is 1.35 bits per heavy atom. The Balaban J connectivity index is 2.69. The first-order valence-corrected chi connectivity index (χ1v) is 5.62. The number of alkyl halides is 4. The minimum absolute atomic E-state index is 0.114. The van der Waals surface area contributed by atoms with E-state index in [2.05, 4.69) is 0 Å². The van der Waals surface area contributed by atoms with E-state index in [0.29, 0.717) is 11.3 Å². The van der Waals surface area contributed by atoms with E-state index in [1.807, 2.05) is 6.92 Å². The van der Waals surface area contributed by atoms with Gasteiger partial charge in [-0.25, -0.2) is 0 Å². The summed E-state index contributed by atoms with van der Waals surface area (Å²) in [6.07, 6.45) is -5.14. The van der Waals surface area contributed by atoms with Crippen LogP contribution >= 0.6 is 11.6 Å². The van der Waals surface area contributed by atoms with Gasteiger partial charge in [-0.05, 0) is 30.5 Å². The lowest BCUT2D eigenvalue weighted by Crippen LogP contribution is -2.08. The molecule has 1 aromatic carbocycles. The fourth-order valence-corrected chi connectivity index (χ4v) is 1.80. The molecule has 0 saturated carbocycles. The van der Waals surface area contributed by atoms with E-state index in [1.165, 1.54) is 0 Å².